The molecular weight excluding hydrogens is 237 g/mol. The number of halogens is 3. The minimum Gasteiger partial charge on any atom is -0.469 e. The second kappa shape index (κ2) is 5.30. The Kier molecular flexibility index (Phi) is 4.04. The molecule has 0 fully saturated rings. The fourth-order valence-corrected chi connectivity index (χ4v) is 1.26. The third-order valence-electron chi connectivity index (χ3n) is 2.05. The number of hydrogen-bond donors (Lipinski definition) is 0. The Labute approximate surface area is 94.6 Å². The van der Waals surface area contributed by atoms with Crippen molar-refractivity contribution in [2.75, 3.05) is 7.11 Å². The first-order valence-electron chi connectivity index (χ1n) is 4.43. The molecule has 7 heteroatoms. The Balaban J connectivity index is 3.35. The first kappa shape index (κ1) is 13.0. The van der Waals surface area contributed by atoms with E-state index >= 15 is 0 Å². The molecule has 0 N–H and O–H groups in total. The van der Waals surface area contributed by atoms with Crippen molar-refractivity contribution < 1.29 is 22.7 Å². The Morgan fingerprint density at radius 1 is 1.65 bits per heavy atom. The van der Waals surface area contributed by atoms with Crippen LogP contribution in [0, 0.1) is 17.1 Å². The summed E-state index contributed by atoms with van der Waals surface area (Å²) in [5.41, 5.74) is -2.02. The SMILES string of the molecule is COC(=O)Cc1c(F)cnc(C#N)c1C(F)F. The molecule has 17 heavy (non-hydrogen) atoms. The van der Waals surface area contributed by atoms with Crippen molar-refractivity contribution in [1.29, 1.82) is 5.26 Å². The van der Waals surface area contributed by atoms with Crippen LogP contribution in [0.1, 0.15) is 23.2 Å². The second-order valence-corrected chi connectivity index (χ2v) is 3.01. The van der Waals surface area contributed by atoms with Crippen LogP contribution in [-0.4, -0.2) is 18.1 Å². The van der Waals surface area contributed by atoms with Crippen LogP contribution < -0.4 is 0 Å². The molecule has 0 unspecified atom stereocenters. The predicted molar refractivity (Wildman–Crippen MR) is 49.6 cm³/mol. The molecule has 0 aliphatic rings. The van der Waals surface area contributed by atoms with Gasteiger partial charge in [0.05, 0.1) is 25.3 Å². The van der Waals surface area contributed by atoms with Crippen LogP contribution in [0.4, 0.5) is 13.2 Å². The van der Waals surface area contributed by atoms with E-state index < -0.39 is 41.5 Å². The van der Waals surface area contributed by atoms with Gasteiger partial charge in [-0.25, -0.2) is 18.2 Å². The van der Waals surface area contributed by atoms with Crippen molar-refractivity contribution >= 4 is 5.97 Å². The molecule has 1 aromatic rings. The number of ether oxygens (including phenoxy) is 1. The van der Waals surface area contributed by atoms with Gasteiger partial charge in [-0.1, -0.05) is 0 Å². The van der Waals surface area contributed by atoms with Gasteiger partial charge in [-0.05, 0) is 0 Å². The predicted octanol–water partition coefficient (Wildman–Crippen LogP) is 1.75. The lowest BCUT2D eigenvalue weighted by Gasteiger charge is -2.09. The number of methoxy groups -OCH3 is 1. The molecule has 0 saturated carbocycles. The minimum absolute atomic E-state index is 0.557. The highest BCUT2D eigenvalue weighted by molar-refractivity contribution is 5.73. The standard InChI is InChI=1S/C10H7F3N2O2/c1-17-8(16)2-5-6(11)4-15-7(3-14)9(5)10(12)13/h4,10H,2H2,1H3. The lowest BCUT2D eigenvalue weighted by Crippen LogP contribution is -2.11. The average molecular weight is 244 g/mol. The van der Waals surface area contributed by atoms with E-state index in [0.29, 0.717) is 6.20 Å². The minimum atomic E-state index is -3.09. The largest absolute Gasteiger partial charge is 0.469 e. The molecule has 0 atom stereocenters. The zero-order chi connectivity index (χ0) is 13.0. The number of alkyl halides is 2. The number of nitrogens with zero attached hydrogens (tertiary/aromatic N) is 2. The molecule has 1 rings (SSSR count). The summed E-state index contributed by atoms with van der Waals surface area (Å²) in [7, 11) is 1.05. The van der Waals surface area contributed by atoms with Crippen molar-refractivity contribution in [3.63, 3.8) is 0 Å². The lowest BCUT2D eigenvalue weighted by molar-refractivity contribution is -0.139. The van der Waals surface area contributed by atoms with Gasteiger partial charge in [0, 0.05) is 5.56 Å². The number of aromatic nitrogens is 1. The fourth-order valence-electron chi connectivity index (χ4n) is 1.26. The van der Waals surface area contributed by atoms with Crippen LogP contribution in [0.5, 0.6) is 0 Å². The van der Waals surface area contributed by atoms with E-state index in [1.165, 1.54) is 6.07 Å². The van der Waals surface area contributed by atoms with Crippen LogP contribution in [0.15, 0.2) is 6.20 Å². The number of carbonyl (C=O) groups excluding carboxylic acids is 1. The van der Waals surface area contributed by atoms with Gasteiger partial charge in [0.2, 0.25) is 0 Å². The van der Waals surface area contributed by atoms with Gasteiger partial charge in [-0.15, -0.1) is 0 Å². The maximum absolute atomic E-state index is 13.3. The van der Waals surface area contributed by atoms with Gasteiger partial charge in [0.15, 0.2) is 0 Å². The van der Waals surface area contributed by atoms with E-state index in [4.69, 9.17) is 5.26 Å². The molecule has 0 spiro atoms. The van der Waals surface area contributed by atoms with E-state index in [0.717, 1.165) is 7.11 Å². The Morgan fingerprint density at radius 2 is 2.29 bits per heavy atom. The zero-order valence-corrected chi connectivity index (χ0v) is 8.71. The van der Waals surface area contributed by atoms with E-state index in [2.05, 4.69) is 9.72 Å². The Hall–Kier alpha value is -2.10. The van der Waals surface area contributed by atoms with Gasteiger partial charge >= 0.3 is 5.97 Å². The lowest BCUT2D eigenvalue weighted by atomic mass is 10.0. The van der Waals surface area contributed by atoms with Gasteiger partial charge in [0.1, 0.15) is 17.6 Å². The van der Waals surface area contributed by atoms with Crippen molar-refractivity contribution in [2.45, 2.75) is 12.8 Å². The Morgan fingerprint density at radius 3 is 2.76 bits per heavy atom. The third-order valence-corrected chi connectivity index (χ3v) is 2.05. The van der Waals surface area contributed by atoms with Gasteiger partial charge in [-0.3, -0.25) is 4.79 Å². The van der Waals surface area contributed by atoms with E-state index in [-0.39, 0.29) is 0 Å². The van der Waals surface area contributed by atoms with Crippen LogP contribution in [0.3, 0.4) is 0 Å². The molecule has 1 heterocycles. The Bertz CT molecular complexity index is 483. The van der Waals surface area contributed by atoms with Gasteiger partial charge in [-0.2, -0.15) is 5.26 Å². The average Bonchev–Trinajstić information content (AvgIpc) is 2.30. The third kappa shape index (κ3) is 2.72. The monoisotopic (exact) mass is 244 g/mol. The number of esters is 1. The van der Waals surface area contributed by atoms with Crippen molar-refractivity contribution in [3.05, 3.63) is 28.8 Å². The van der Waals surface area contributed by atoms with E-state index in [1.807, 2.05) is 0 Å². The van der Waals surface area contributed by atoms with Gasteiger partial charge in [0.25, 0.3) is 6.43 Å². The van der Waals surface area contributed by atoms with Crippen molar-refractivity contribution in [1.82, 2.24) is 4.98 Å². The highest BCUT2D eigenvalue weighted by Gasteiger charge is 2.24. The summed E-state index contributed by atoms with van der Waals surface area (Å²) in [6, 6.07) is 1.43. The summed E-state index contributed by atoms with van der Waals surface area (Å²) in [5.74, 6) is -1.94. The molecule has 0 amide bonds. The first-order valence-corrected chi connectivity index (χ1v) is 4.43. The molecule has 0 saturated heterocycles. The molecule has 1 aromatic heterocycles. The summed E-state index contributed by atoms with van der Waals surface area (Å²) in [6.45, 7) is 0. The highest BCUT2D eigenvalue weighted by atomic mass is 19.3. The maximum Gasteiger partial charge on any atom is 0.310 e. The number of nitriles is 1. The molecular formula is C10H7F3N2O2. The molecule has 0 aromatic carbocycles. The summed E-state index contributed by atoms with van der Waals surface area (Å²) in [6.07, 6.45) is -3.13. The molecule has 0 radical (unpaired) electrons. The molecule has 0 aliphatic heterocycles. The van der Waals surface area contributed by atoms with Crippen molar-refractivity contribution in [3.8, 4) is 6.07 Å². The van der Waals surface area contributed by atoms with E-state index in [9.17, 15) is 18.0 Å². The summed E-state index contributed by atoms with van der Waals surface area (Å²) < 4.78 is 43.0. The molecule has 0 bridgehead atoms. The first-order chi connectivity index (χ1) is 8.01. The molecule has 0 aliphatic carbocycles. The number of hydrogen-bond acceptors (Lipinski definition) is 4. The maximum atomic E-state index is 13.3. The zero-order valence-electron chi connectivity index (χ0n) is 8.71. The fraction of sp³-hybridized carbons (Fsp3) is 0.300. The van der Waals surface area contributed by atoms with Crippen LogP contribution >= 0.6 is 0 Å². The van der Waals surface area contributed by atoms with Gasteiger partial charge < -0.3 is 4.74 Å². The summed E-state index contributed by atoms with van der Waals surface area (Å²) in [4.78, 5) is 14.2. The summed E-state index contributed by atoms with van der Waals surface area (Å²) in [5, 5.41) is 8.59. The molecule has 90 valence electrons. The number of carbonyl (C=O) groups is 1. The number of pyridine rings is 1. The van der Waals surface area contributed by atoms with Crippen molar-refractivity contribution in [2.24, 2.45) is 0 Å². The quantitative estimate of drug-likeness (QED) is 0.760. The van der Waals surface area contributed by atoms with Crippen LogP contribution in [0.25, 0.3) is 0 Å². The normalized spacial score (nSPS) is 10.1. The smallest absolute Gasteiger partial charge is 0.310 e. The highest BCUT2D eigenvalue weighted by Crippen LogP contribution is 2.27. The van der Waals surface area contributed by atoms with E-state index in [1.54, 1.807) is 0 Å². The van der Waals surface area contributed by atoms with Crippen LogP contribution in [-0.2, 0) is 16.0 Å². The topological polar surface area (TPSA) is 63.0 Å². The second-order valence-electron chi connectivity index (χ2n) is 3.01. The molecule has 4 nitrogen and oxygen atoms in total. The number of rotatable bonds is 3. The summed E-state index contributed by atoms with van der Waals surface area (Å²) >= 11 is 0. The van der Waals surface area contributed by atoms with Crippen LogP contribution in [0.2, 0.25) is 0 Å².